The Hall–Kier alpha value is -3.70. The van der Waals surface area contributed by atoms with Gasteiger partial charge in [-0.2, -0.15) is 18.6 Å². The normalized spacial score (nSPS) is 11.9. The molecule has 0 radical (unpaired) electrons. The predicted octanol–water partition coefficient (Wildman–Crippen LogP) is 2.38. The topological polar surface area (TPSA) is 103 Å². The third kappa shape index (κ3) is 6.18. The van der Waals surface area contributed by atoms with Crippen LogP contribution in [0.5, 0.6) is 5.75 Å². The minimum Gasteiger partial charge on any atom is -0.435 e. The van der Waals surface area contributed by atoms with Crippen LogP contribution >= 0.6 is 0 Å². The highest BCUT2D eigenvalue weighted by Crippen LogP contribution is 2.22. The van der Waals surface area contributed by atoms with Gasteiger partial charge in [-0.1, -0.05) is 6.07 Å². The summed E-state index contributed by atoms with van der Waals surface area (Å²) in [4.78, 5) is 25.7. The fourth-order valence-electron chi connectivity index (χ4n) is 2.95. The van der Waals surface area contributed by atoms with Crippen molar-refractivity contribution in [1.82, 2.24) is 15.1 Å². The van der Waals surface area contributed by atoms with Crippen molar-refractivity contribution < 1.29 is 32.5 Å². The van der Waals surface area contributed by atoms with Crippen LogP contribution < -0.4 is 15.6 Å². The molecule has 2 aromatic carbocycles. The van der Waals surface area contributed by atoms with E-state index >= 15 is 0 Å². The second-order valence-electron chi connectivity index (χ2n) is 6.86. The highest BCUT2D eigenvalue weighted by Gasteiger charge is 2.19. The lowest BCUT2D eigenvalue weighted by atomic mass is 10.1. The molecule has 3 rings (SSSR count). The van der Waals surface area contributed by atoms with Crippen molar-refractivity contribution in [2.75, 3.05) is 20.3 Å². The number of rotatable bonds is 9. The van der Waals surface area contributed by atoms with E-state index in [2.05, 4.69) is 15.2 Å². The average molecular weight is 463 g/mol. The molecule has 0 saturated carbocycles. The summed E-state index contributed by atoms with van der Waals surface area (Å²) in [6.45, 7) is -3.20. The zero-order valence-electron chi connectivity index (χ0n) is 17.4. The maximum atomic E-state index is 13.8. The van der Waals surface area contributed by atoms with Crippen LogP contribution in [0.1, 0.15) is 10.4 Å². The minimum absolute atomic E-state index is 0.0254. The number of ether oxygens (including phenoxy) is 2. The minimum atomic E-state index is -2.99. The molecule has 0 aliphatic rings. The standard InChI is InChI=1S/C22H20F3N3O5/c1-32-12-16(29)11-26-20(30)18-10-19(13-5-7-17(8-6-13)33-22(24)25)27-28(21(18)31)15-4-2-3-14(23)9-15/h2-10,16,22,29H,11-12H2,1H3,(H,26,30). The number of halogens is 3. The Kier molecular flexibility index (Phi) is 7.80. The lowest BCUT2D eigenvalue weighted by Gasteiger charge is -2.13. The molecule has 0 fully saturated rings. The number of alkyl halides is 2. The number of hydrogen-bond acceptors (Lipinski definition) is 6. The van der Waals surface area contributed by atoms with E-state index in [0.717, 1.165) is 10.7 Å². The van der Waals surface area contributed by atoms with Gasteiger partial charge in [0.2, 0.25) is 0 Å². The molecule has 1 heterocycles. The van der Waals surface area contributed by atoms with Crippen LogP contribution in [0.15, 0.2) is 59.4 Å². The van der Waals surface area contributed by atoms with Crippen LogP contribution in [0.2, 0.25) is 0 Å². The van der Waals surface area contributed by atoms with Gasteiger partial charge in [-0.05, 0) is 48.5 Å². The fourth-order valence-corrected chi connectivity index (χ4v) is 2.95. The first-order valence-electron chi connectivity index (χ1n) is 9.69. The number of nitrogens with zero attached hydrogens (tertiary/aromatic N) is 2. The van der Waals surface area contributed by atoms with E-state index in [1.807, 2.05) is 0 Å². The lowest BCUT2D eigenvalue weighted by Crippen LogP contribution is -2.38. The smallest absolute Gasteiger partial charge is 0.387 e. The number of carbonyl (C=O) groups excluding carboxylic acids is 1. The molecular weight excluding hydrogens is 443 g/mol. The molecule has 3 aromatic rings. The van der Waals surface area contributed by atoms with Crippen molar-refractivity contribution in [2.24, 2.45) is 0 Å². The number of aromatic nitrogens is 2. The van der Waals surface area contributed by atoms with Gasteiger partial charge in [0, 0.05) is 19.2 Å². The maximum Gasteiger partial charge on any atom is 0.387 e. The van der Waals surface area contributed by atoms with Crippen molar-refractivity contribution >= 4 is 5.91 Å². The van der Waals surface area contributed by atoms with Crippen LogP contribution in [-0.2, 0) is 4.74 Å². The van der Waals surface area contributed by atoms with Crippen LogP contribution in [0.25, 0.3) is 16.9 Å². The second kappa shape index (κ2) is 10.7. The maximum absolute atomic E-state index is 13.8. The van der Waals surface area contributed by atoms with Gasteiger partial charge in [0.1, 0.15) is 17.1 Å². The summed E-state index contributed by atoms with van der Waals surface area (Å²) in [5.74, 6) is -1.49. The molecule has 1 unspecified atom stereocenters. The summed E-state index contributed by atoms with van der Waals surface area (Å²) in [6.07, 6.45) is -0.993. The fraction of sp³-hybridized carbons (Fsp3) is 0.227. The van der Waals surface area contributed by atoms with Gasteiger partial charge in [0.25, 0.3) is 11.5 Å². The number of methoxy groups -OCH3 is 1. The highest BCUT2D eigenvalue weighted by atomic mass is 19.3. The zero-order chi connectivity index (χ0) is 24.0. The van der Waals surface area contributed by atoms with Crippen LogP contribution in [0.4, 0.5) is 13.2 Å². The second-order valence-corrected chi connectivity index (χ2v) is 6.86. The monoisotopic (exact) mass is 463 g/mol. The van der Waals surface area contributed by atoms with E-state index in [4.69, 9.17) is 4.74 Å². The molecule has 1 atom stereocenters. The molecule has 1 aromatic heterocycles. The molecule has 0 bridgehead atoms. The zero-order valence-corrected chi connectivity index (χ0v) is 17.4. The van der Waals surface area contributed by atoms with E-state index in [9.17, 15) is 27.9 Å². The Labute approximate surface area is 186 Å². The predicted molar refractivity (Wildman–Crippen MR) is 112 cm³/mol. The molecule has 0 saturated heterocycles. The number of benzene rings is 2. The number of nitrogens with one attached hydrogen (secondary N) is 1. The van der Waals surface area contributed by atoms with Crippen molar-refractivity contribution in [3.8, 4) is 22.7 Å². The SMILES string of the molecule is COCC(O)CNC(=O)c1cc(-c2ccc(OC(F)F)cc2)nn(-c2cccc(F)c2)c1=O. The van der Waals surface area contributed by atoms with Crippen LogP contribution in [0, 0.1) is 5.82 Å². The van der Waals surface area contributed by atoms with Crippen molar-refractivity contribution in [3.05, 3.63) is 76.3 Å². The van der Waals surface area contributed by atoms with E-state index in [1.165, 1.54) is 55.6 Å². The van der Waals surface area contributed by atoms with Gasteiger partial charge in [-0.25, -0.2) is 4.39 Å². The van der Waals surface area contributed by atoms with Gasteiger partial charge in [-0.3, -0.25) is 9.59 Å². The molecule has 0 spiro atoms. The Bertz CT molecular complexity index is 1170. The molecular formula is C22H20F3N3O5. The quantitative estimate of drug-likeness (QED) is 0.505. The number of aliphatic hydroxyl groups excluding tert-OH is 1. The van der Waals surface area contributed by atoms with E-state index in [0.29, 0.717) is 5.56 Å². The molecule has 8 nitrogen and oxygen atoms in total. The Morgan fingerprint density at radius 3 is 2.55 bits per heavy atom. The third-order valence-corrected chi connectivity index (χ3v) is 4.44. The first-order valence-corrected chi connectivity index (χ1v) is 9.69. The third-order valence-electron chi connectivity index (χ3n) is 4.44. The molecule has 174 valence electrons. The Balaban J connectivity index is 2.04. The summed E-state index contributed by atoms with van der Waals surface area (Å²) < 4.78 is 48.6. The van der Waals surface area contributed by atoms with Crippen molar-refractivity contribution in [1.29, 1.82) is 0 Å². The van der Waals surface area contributed by atoms with Crippen LogP contribution in [0.3, 0.4) is 0 Å². The molecule has 1 amide bonds. The highest BCUT2D eigenvalue weighted by molar-refractivity contribution is 5.94. The summed E-state index contributed by atoms with van der Waals surface area (Å²) in [5.41, 5.74) is -0.532. The summed E-state index contributed by atoms with van der Waals surface area (Å²) in [5, 5.41) is 16.4. The number of aliphatic hydroxyl groups is 1. The molecule has 0 aliphatic heterocycles. The molecule has 33 heavy (non-hydrogen) atoms. The van der Waals surface area contributed by atoms with Gasteiger partial charge in [-0.15, -0.1) is 0 Å². The van der Waals surface area contributed by atoms with Gasteiger partial charge in [0.15, 0.2) is 0 Å². The molecule has 11 heteroatoms. The summed E-state index contributed by atoms with van der Waals surface area (Å²) in [7, 11) is 1.38. The van der Waals surface area contributed by atoms with E-state index in [1.54, 1.807) is 0 Å². The number of carbonyl (C=O) groups is 1. The summed E-state index contributed by atoms with van der Waals surface area (Å²) >= 11 is 0. The molecule has 0 aliphatic carbocycles. The average Bonchev–Trinajstić information content (AvgIpc) is 2.78. The van der Waals surface area contributed by atoms with Gasteiger partial charge in [0.05, 0.1) is 24.1 Å². The Morgan fingerprint density at radius 2 is 1.91 bits per heavy atom. The van der Waals surface area contributed by atoms with E-state index < -0.39 is 30.0 Å². The lowest BCUT2D eigenvalue weighted by molar-refractivity contribution is -0.0498. The van der Waals surface area contributed by atoms with Crippen molar-refractivity contribution in [3.63, 3.8) is 0 Å². The number of amides is 1. The first-order chi connectivity index (χ1) is 15.8. The Morgan fingerprint density at radius 1 is 1.18 bits per heavy atom. The van der Waals surface area contributed by atoms with Crippen LogP contribution in [-0.4, -0.2) is 53.8 Å². The summed E-state index contributed by atoms with van der Waals surface area (Å²) in [6, 6.07) is 11.7. The van der Waals surface area contributed by atoms with Crippen molar-refractivity contribution in [2.45, 2.75) is 12.7 Å². The van der Waals surface area contributed by atoms with Gasteiger partial charge >= 0.3 is 6.61 Å². The van der Waals surface area contributed by atoms with E-state index in [-0.39, 0.29) is 35.8 Å². The largest absolute Gasteiger partial charge is 0.435 e. The number of hydrogen-bond donors (Lipinski definition) is 2. The molecule has 2 N–H and O–H groups in total. The first kappa shape index (κ1) is 24.0. The van der Waals surface area contributed by atoms with Gasteiger partial charge < -0.3 is 19.9 Å².